The van der Waals surface area contributed by atoms with Crippen molar-refractivity contribution in [2.24, 2.45) is 0 Å². The topological polar surface area (TPSA) is 87.1 Å². The molecule has 0 fully saturated rings. The average Bonchev–Trinajstić information content (AvgIpc) is 2.79. The number of nitrogens with one attached hydrogen (secondary N) is 3. The zero-order chi connectivity index (χ0) is 12.4. The summed E-state index contributed by atoms with van der Waals surface area (Å²) in [6.07, 6.45) is 3.22. The van der Waals surface area contributed by atoms with Crippen LogP contribution in [0, 0.1) is 0 Å². The minimum absolute atomic E-state index is 0.324. The molecule has 0 unspecified atom stereocenters. The molecule has 0 aromatic carbocycles. The van der Waals surface area contributed by atoms with Gasteiger partial charge in [0.05, 0.1) is 0 Å². The lowest BCUT2D eigenvalue weighted by atomic mass is 10.1. The monoisotopic (exact) mass is 246 g/mol. The van der Waals surface area contributed by atoms with E-state index < -0.39 is 0 Å². The number of rotatable bonds is 3. The third kappa shape index (κ3) is 2.12. The number of fused-ring (bicyclic) bond motifs is 1. The molecule has 18 heavy (non-hydrogen) atoms. The van der Waals surface area contributed by atoms with Crippen LogP contribution in [-0.4, -0.2) is 39.4 Å². The van der Waals surface area contributed by atoms with Gasteiger partial charge < -0.3 is 10.6 Å². The molecule has 94 valence electrons. The summed E-state index contributed by atoms with van der Waals surface area (Å²) in [6.45, 7) is 2.69. The Morgan fingerprint density at radius 1 is 1.44 bits per heavy atom. The number of hydrogen-bond donors (Lipinski definition) is 3. The second-order valence-corrected chi connectivity index (χ2v) is 4.19. The molecule has 7 heteroatoms. The summed E-state index contributed by atoms with van der Waals surface area (Å²) in [6, 6.07) is 3.57. The minimum Gasteiger partial charge on any atom is -0.365 e. The minimum atomic E-state index is -0.324. The maximum Gasteiger partial charge on any atom is 0.364 e. The summed E-state index contributed by atoms with van der Waals surface area (Å²) >= 11 is 0. The van der Waals surface area contributed by atoms with Crippen molar-refractivity contribution < 1.29 is 0 Å². The largest absolute Gasteiger partial charge is 0.365 e. The molecular formula is C11H14N6O. The Balaban J connectivity index is 1.76. The van der Waals surface area contributed by atoms with Crippen LogP contribution >= 0.6 is 0 Å². The van der Waals surface area contributed by atoms with Crippen LogP contribution in [0.4, 0.5) is 5.82 Å². The zero-order valence-corrected chi connectivity index (χ0v) is 9.81. The highest BCUT2D eigenvalue weighted by Gasteiger charge is 2.05. The van der Waals surface area contributed by atoms with Crippen LogP contribution in [0.2, 0.25) is 0 Å². The van der Waals surface area contributed by atoms with E-state index in [1.54, 1.807) is 6.07 Å². The fourth-order valence-electron chi connectivity index (χ4n) is 1.93. The van der Waals surface area contributed by atoms with Crippen molar-refractivity contribution in [2.45, 2.75) is 6.42 Å². The summed E-state index contributed by atoms with van der Waals surface area (Å²) < 4.78 is 1.25. The maximum absolute atomic E-state index is 11.4. The molecule has 0 spiro atoms. The first-order valence-corrected chi connectivity index (χ1v) is 5.90. The maximum atomic E-state index is 11.4. The Hall–Kier alpha value is -2.15. The first-order valence-electron chi connectivity index (χ1n) is 5.90. The van der Waals surface area contributed by atoms with E-state index in [-0.39, 0.29) is 5.69 Å². The van der Waals surface area contributed by atoms with Crippen molar-refractivity contribution in [3.63, 3.8) is 0 Å². The van der Waals surface area contributed by atoms with Gasteiger partial charge in [0.15, 0.2) is 5.65 Å². The van der Waals surface area contributed by atoms with E-state index in [1.807, 2.05) is 6.07 Å². The summed E-state index contributed by atoms with van der Waals surface area (Å²) in [5.74, 6) is 0.672. The summed E-state index contributed by atoms with van der Waals surface area (Å²) in [5.41, 5.74) is 1.55. The second kappa shape index (κ2) is 4.61. The summed E-state index contributed by atoms with van der Waals surface area (Å²) in [4.78, 5) is 11.4. The fraction of sp³-hybridized carbons (Fsp3) is 0.364. The number of hydrogen-bond acceptors (Lipinski definition) is 5. The first-order chi connectivity index (χ1) is 8.83. The number of H-pyrrole nitrogens is 1. The first kappa shape index (κ1) is 11.0. The molecule has 0 bridgehead atoms. The Labute approximate surface area is 103 Å². The van der Waals surface area contributed by atoms with Gasteiger partial charge in [-0.3, -0.25) is 0 Å². The van der Waals surface area contributed by atoms with Gasteiger partial charge >= 0.3 is 5.69 Å². The number of nitrogens with zero attached hydrogens (tertiary/aromatic N) is 3. The molecule has 3 N–H and O–H groups in total. The van der Waals surface area contributed by atoms with Gasteiger partial charge in [0.1, 0.15) is 5.82 Å². The number of aromatic amines is 1. The van der Waals surface area contributed by atoms with Crippen LogP contribution in [-0.2, 0) is 0 Å². The lowest BCUT2D eigenvalue weighted by Crippen LogP contribution is -2.23. The Kier molecular flexibility index (Phi) is 2.81. The Bertz CT molecular complexity index is 640. The highest BCUT2D eigenvalue weighted by Crippen LogP contribution is 2.07. The van der Waals surface area contributed by atoms with E-state index in [0.717, 1.165) is 26.1 Å². The molecular weight excluding hydrogens is 232 g/mol. The van der Waals surface area contributed by atoms with Crippen molar-refractivity contribution in [1.82, 2.24) is 25.1 Å². The highest BCUT2D eigenvalue weighted by atomic mass is 16.2. The molecule has 3 rings (SSSR count). The van der Waals surface area contributed by atoms with Gasteiger partial charge in [-0.2, -0.15) is 9.61 Å². The molecule has 2 aromatic rings. The SMILES string of the molecule is O=c1[nH]nc2ccc(NCC3=CCNCC3)nn12. The van der Waals surface area contributed by atoms with Crippen molar-refractivity contribution >= 4 is 11.5 Å². The van der Waals surface area contributed by atoms with Gasteiger partial charge in [0, 0.05) is 13.1 Å². The van der Waals surface area contributed by atoms with Crippen LogP contribution in [0.5, 0.6) is 0 Å². The molecule has 1 aliphatic rings. The predicted octanol–water partition coefficient (Wildman–Crippen LogP) is -0.251. The van der Waals surface area contributed by atoms with Gasteiger partial charge in [0.2, 0.25) is 0 Å². The quantitative estimate of drug-likeness (QED) is 0.650. The molecule has 0 saturated carbocycles. The molecule has 0 amide bonds. The van der Waals surface area contributed by atoms with Crippen molar-refractivity contribution in [3.8, 4) is 0 Å². The number of anilines is 1. The molecule has 0 radical (unpaired) electrons. The zero-order valence-electron chi connectivity index (χ0n) is 9.81. The van der Waals surface area contributed by atoms with E-state index in [0.29, 0.717) is 11.5 Å². The van der Waals surface area contributed by atoms with Crippen molar-refractivity contribution in [2.75, 3.05) is 25.0 Å². The standard InChI is InChI=1S/C11H14N6O/c18-11-15-14-10-2-1-9(16-17(10)11)13-7-8-3-5-12-6-4-8/h1-3,12H,4-7H2,(H,13,16)(H,15,18). The van der Waals surface area contributed by atoms with Crippen molar-refractivity contribution in [1.29, 1.82) is 0 Å². The lowest BCUT2D eigenvalue weighted by Gasteiger charge is -2.14. The van der Waals surface area contributed by atoms with Gasteiger partial charge in [-0.15, -0.1) is 5.10 Å². The second-order valence-electron chi connectivity index (χ2n) is 4.19. The third-order valence-corrected chi connectivity index (χ3v) is 2.93. The normalized spacial score (nSPS) is 15.7. The average molecular weight is 246 g/mol. The van der Waals surface area contributed by atoms with Crippen LogP contribution in [0.25, 0.3) is 5.65 Å². The van der Waals surface area contributed by atoms with Gasteiger partial charge in [-0.25, -0.2) is 9.89 Å². The number of aromatic nitrogens is 4. The van der Waals surface area contributed by atoms with Gasteiger partial charge in [0.25, 0.3) is 0 Å². The predicted molar refractivity (Wildman–Crippen MR) is 67.7 cm³/mol. The van der Waals surface area contributed by atoms with Crippen LogP contribution < -0.4 is 16.3 Å². The highest BCUT2D eigenvalue weighted by molar-refractivity contribution is 5.43. The van der Waals surface area contributed by atoms with E-state index in [1.165, 1.54) is 10.1 Å². The van der Waals surface area contributed by atoms with E-state index in [9.17, 15) is 4.79 Å². The van der Waals surface area contributed by atoms with Crippen LogP contribution in [0.3, 0.4) is 0 Å². The molecule has 0 aliphatic carbocycles. The smallest absolute Gasteiger partial charge is 0.364 e. The van der Waals surface area contributed by atoms with Crippen molar-refractivity contribution in [3.05, 3.63) is 34.3 Å². The third-order valence-electron chi connectivity index (χ3n) is 2.93. The van der Waals surface area contributed by atoms with Crippen LogP contribution in [0.1, 0.15) is 6.42 Å². The molecule has 1 aliphatic heterocycles. The summed E-state index contributed by atoms with van der Waals surface area (Å²) in [5, 5.41) is 16.8. The molecule has 7 nitrogen and oxygen atoms in total. The molecule has 0 saturated heterocycles. The summed E-state index contributed by atoms with van der Waals surface area (Å²) in [7, 11) is 0. The van der Waals surface area contributed by atoms with E-state index >= 15 is 0 Å². The molecule has 2 aromatic heterocycles. The van der Waals surface area contributed by atoms with Crippen LogP contribution in [0.15, 0.2) is 28.6 Å². The lowest BCUT2D eigenvalue weighted by molar-refractivity contribution is 0.697. The fourth-order valence-corrected chi connectivity index (χ4v) is 1.93. The van der Waals surface area contributed by atoms with Gasteiger partial charge in [-0.1, -0.05) is 11.6 Å². The Morgan fingerprint density at radius 2 is 2.39 bits per heavy atom. The van der Waals surface area contributed by atoms with Gasteiger partial charge in [-0.05, 0) is 25.1 Å². The Morgan fingerprint density at radius 3 is 3.22 bits per heavy atom. The molecule has 0 atom stereocenters. The van der Waals surface area contributed by atoms with E-state index in [2.05, 4.69) is 32.0 Å². The molecule has 3 heterocycles. The van der Waals surface area contributed by atoms with E-state index in [4.69, 9.17) is 0 Å².